The molecule has 6 heteroatoms. The average Bonchev–Trinajstić information content (AvgIpc) is 2.86. The predicted octanol–water partition coefficient (Wildman–Crippen LogP) is 3.05. The number of benzene rings is 2. The van der Waals surface area contributed by atoms with Gasteiger partial charge in [-0.05, 0) is 55.7 Å². The number of amides is 2. The molecule has 1 aliphatic heterocycles. The first-order chi connectivity index (χ1) is 12.3. The van der Waals surface area contributed by atoms with Gasteiger partial charge in [-0.3, -0.25) is 9.59 Å². The Kier molecular flexibility index (Phi) is 4.50. The fourth-order valence-corrected chi connectivity index (χ4v) is 3.08. The molecule has 1 aliphatic rings. The second-order valence-electron chi connectivity index (χ2n) is 6.52. The Labute approximate surface area is 151 Å². The van der Waals surface area contributed by atoms with Crippen molar-refractivity contribution in [2.24, 2.45) is 0 Å². The van der Waals surface area contributed by atoms with Crippen LogP contribution in [0.15, 0.2) is 36.4 Å². The molecule has 2 N–H and O–H groups in total. The Morgan fingerprint density at radius 1 is 1.12 bits per heavy atom. The third-order valence-electron chi connectivity index (χ3n) is 4.78. The molecule has 0 unspecified atom stereocenters. The zero-order chi connectivity index (χ0) is 19.0. The van der Waals surface area contributed by atoms with Crippen LogP contribution >= 0.6 is 0 Å². The van der Waals surface area contributed by atoms with Crippen molar-refractivity contribution in [3.63, 3.8) is 0 Å². The monoisotopic (exact) mass is 352 g/mol. The van der Waals surface area contributed by atoms with Crippen molar-refractivity contribution >= 4 is 29.2 Å². The normalized spacial score (nSPS) is 16.9. The summed E-state index contributed by atoms with van der Waals surface area (Å²) in [5.74, 6) is -1.82. The number of carbonyl (C=O) groups excluding carboxylic acids is 2. The van der Waals surface area contributed by atoms with Gasteiger partial charge >= 0.3 is 5.97 Å². The number of hydrogen-bond acceptors (Lipinski definition) is 4. The molecule has 1 atom stereocenters. The fraction of sp³-hybridized carbons (Fsp3) is 0.250. The predicted molar refractivity (Wildman–Crippen MR) is 98.6 cm³/mol. The molecule has 1 saturated heterocycles. The SMILES string of the molecule is Cc1ccc(C(=O)O)cc1N1C(=O)C[C@H](Nc2cccc(C)c2C)C1=O. The number of nitrogens with one attached hydrogen (secondary N) is 1. The zero-order valence-corrected chi connectivity index (χ0v) is 14.9. The first kappa shape index (κ1) is 17.7. The summed E-state index contributed by atoms with van der Waals surface area (Å²) in [6.45, 7) is 5.68. The van der Waals surface area contributed by atoms with E-state index in [2.05, 4.69) is 5.32 Å². The van der Waals surface area contributed by atoms with Crippen molar-refractivity contribution in [1.29, 1.82) is 0 Å². The molecule has 6 nitrogen and oxygen atoms in total. The molecule has 134 valence electrons. The topological polar surface area (TPSA) is 86.7 Å². The molecule has 26 heavy (non-hydrogen) atoms. The molecule has 0 spiro atoms. The highest BCUT2D eigenvalue weighted by Gasteiger charge is 2.40. The van der Waals surface area contributed by atoms with Crippen molar-refractivity contribution in [3.05, 3.63) is 58.7 Å². The van der Waals surface area contributed by atoms with Crippen LogP contribution in [0.25, 0.3) is 0 Å². The molecule has 0 saturated carbocycles. The van der Waals surface area contributed by atoms with Crippen LogP contribution in [-0.2, 0) is 9.59 Å². The van der Waals surface area contributed by atoms with Crippen LogP contribution in [0, 0.1) is 20.8 Å². The zero-order valence-electron chi connectivity index (χ0n) is 14.9. The average molecular weight is 352 g/mol. The molecule has 3 rings (SSSR count). The number of carboxylic acids is 1. The molecule has 2 aromatic rings. The van der Waals surface area contributed by atoms with Gasteiger partial charge in [0.2, 0.25) is 5.91 Å². The summed E-state index contributed by atoms with van der Waals surface area (Å²) < 4.78 is 0. The molecule has 2 aromatic carbocycles. The summed E-state index contributed by atoms with van der Waals surface area (Å²) in [5.41, 5.74) is 3.96. The summed E-state index contributed by atoms with van der Waals surface area (Å²) in [7, 11) is 0. The second-order valence-corrected chi connectivity index (χ2v) is 6.52. The highest BCUT2D eigenvalue weighted by atomic mass is 16.4. The molecule has 1 fully saturated rings. The lowest BCUT2D eigenvalue weighted by Crippen LogP contribution is -2.35. The summed E-state index contributed by atoms with van der Waals surface area (Å²) in [5, 5.41) is 12.3. The number of aromatic carboxylic acids is 1. The molecular formula is C20H20N2O4. The van der Waals surface area contributed by atoms with E-state index in [1.165, 1.54) is 12.1 Å². The molecule has 2 amide bonds. The van der Waals surface area contributed by atoms with Gasteiger partial charge in [0.15, 0.2) is 0 Å². The minimum Gasteiger partial charge on any atom is -0.478 e. The number of rotatable bonds is 4. The van der Waals surface area contributed by atoms with E-state index in [4.69, 9.17) is 0 Å². The van der Waals surface area contributed by atoms with Gasteiger partial charge in [-0.15, -0.1) is 0 Å². The molecule has 0 aromatic heterocycles. The fourth-order valence-electron chi connectivity index (χ4n) is 3.08. The Morgan fingerprint density at radius 2 is 1.85 bits per heavy atom. The molecule has 0 aliphatic carbocycles. The molecule has 1 heterocycles. The Morgan fingerprint density at radius 3 is 2.54 bits per heavy atom. The number of nitrogens with zero attached hydrogens (tertiary/aromatic N) is 1. The lowest BCUT2D eigenvalue weighted by molar-refractivity contribution is -0.121. The largest absolute Gasteiger partial charge is 0.478 e. The van der Waals surface area contributed by atoms with Crippen LogP contribution in [0.2, 0.25) is 0 Å². The summed E-state index contributed by atoms with van der Waals surface area (Å²) in [6, 6.07) is 9.51. The van der Waals surface area contributed by atoms with E-state index in [-0.39, 0.29) is 23.8 Å². The number of anilines is 2. The van der Waals surface area contributed by atoms with E-state index >= 15 is 0 Å². The van der Waals surface area contributed by atoms with Crippen molar-refractivity contribution < 1.29 is 19.5 Å². The minimum atomic E-state index is -1.10. The van der Waals surface area contributed by atoms with E-state index in [1.54, 1.807) is 13.0 Å². The first-order valence-electron chi connectivity index (χ1n) is 8.33. The van der Waals surface area contributed by atoms with Crippen LogP contribution in [0.4, 0.5) is 11.4 Å². The number of aryl methyl sites for hydroxylation is 2. The summed E-state index contributed by atoms with van der Waals surface area (Å²) in [6.07, 6.45) is 0.0307. The van der Waals surface area contributed by atoms with Gasteiger partial charge in [-0.1, -0.05) is 18.2 Å². The smallest absolute Gasteiger partial charge is 0.335 e. The first-order valence-corrected chi connectivity index (χ1v) is 8.33. The quantitative estimate of drug-likeness (QED) is 0.826. The lowest BCUT2D eigenvalue weighted by Gasteiger charge is -2.19. The van der Waals surface area contributed by atoms with E-state index in [0.29, 0.717) is 11.3 Å². The second kappa shape index (κ2) is 6.63. The Bertz CT molecular complexity index is 920. The van der Waals surface area contributed by atoms with Crippen molar-refractivity contribution in [3.8, 4) is 0 Å². The summed E-state index contributed by atoms with van der Waals surface area (Å²) >= 11 is 0. The molecular weight excluding hydrogens is 332 g/mol. The van der Waals surface area contributed by atoms with Gasteiger partial charge in [0, 0.05) is 5.69 Å². The van der Waals surface area contributed by atoms with Gasteiger partial charge in [0.25, 0.3) is 5.91 Å². The number of imide groups is 1. The van der Waals surface area contributed by atoms with Gasteiger partial charge in [0.1, 0.15) is 6.04 Å². The molecule has 0 bridgehead atoms. The van der Waals surface area contributed by atoms with Gasteiger partial charge in [-0.2, -0.15) is 0 Å². The molecule has 0 radical (unpaired) electrons. The number of hydrogen-bond donors (Lipinski definition) is 2. The van der Waals surface area contributed by atoms with Crippen molar-refractivity contribution in [2.75, 3.05) is 10.2 Å². The maximum atomic E-state index is 12.8. The van der Waals surface area contributed by atoms with Crippen molar-refractivity contribution in [1.82, 2.24) is 0 Å². The highest BCUT2D eigenvalue weighted by molar-refractivity contribution is 6.23. The lowest BCUT2D eigenvalue weighted by atomic mass is 10.1. The van der Waals surface area contributed by atoms with E-state index in [9.17, 15) is 19.5 Å². The van der Waals surface area contributed by atoms with Gasteiger partial charge in [0.05, 0.1) is 17.7 Å². The third-order valence-corrected chi connectivity index (χ3v) is 4.78. The maximum Gasteiger partial charge on any atom is 0.335 e. The van der Waals surface area contributed by atoms with Crippen LogP contribution in [-0.4, -0.2) is 28.9 Å². The van der Waals surface area contributed by atoms with Gasteiger partial charge in [-0.25, -0.2) is 9.69 Å². The van der Waals surface area contributed by atoms with Crippen LogP contribution in [0.1, 0.15) is 33.5 Å². The summed E-state index contributed by atoms with van der Waals surface area (Å²) in [4.78, 5) is 37.6. The number of carboxylic acid groups (broad SMARTS) is 1. The van der Waals surface area contributed by atoms with Gasteiger partial charge < -0.3 is 10.4 Å². The Hall–Kier alpha value is -3.15. The van der Waals surface area contributed by atoms with E-state index in [0.717, 1.165) is 21.7 Å². The van der Waals surface area contributed by atoms with E-state index in [1.807, 2.05) is 32.0 Å². The standard InChI is InChI=1S/C20H20N2O4/c1-11-5-4-6-15(13(11)3)21-16-10-18(23)22(19(16)24)17-9-14(20(25)26)8-7-12(17)2/h4-9,16,21H,10H2,1-3H3,(H,25,26)/t16-/m0/s1. The van der Waals surface area contributed by atoms with E-state index < -0.39 is 12.0 Å². The highest BCUT2D eigenvalue weighted by Crippen LogP contribution is 2.29. The number of carbonyl (C=O) groups is 3. The van der Waals surface area contributed by atoms with Crippen LogP contribution < -0.4 is 10.2 Å². The van der Waals surface area contributed by atoms with Crippen LogP contribution in [0.3, 0.4) is 0 Å². The maximum absolute atomic E-state index is 12.8. The van der Waals surface area contributed by atoms with Crippen LogP contribution in [0.5, 0.6) is 0 Å². The van der Waals surface area contributed by atoms with Crippen molar-refractivity contribution in [2.45, 2.75) is 33.2 Å². The minimum absolute atomic E-state index is 0.0307. The Balaban J connectivity index is 1.91. The third kappa shape index (κ3) is 3.06.